The van der Waals surface area contributed by atoms with Gasteiger partial charge in [-0.25, -0.2) is 4.79 Å². The average Bonchev–Trinajstić information content (AvgIpc) is 2.39. The van der Waals surface area contributed by atoms with Crippen LogP contribution in [0.5, 0.6) is 0 Å². The van der Waals surface area contributed by atoms with Gasteiger partial charge in [-0.1, -0.05) is 24.4 Å². The van der Waals surface area contributed by atoms with E-state index >= 15 is 0 Å². The Balaban J connectivity index is 2.39. The van der Waals surface area contributed by atoms with E-state index < -0.39 is 0 Å². The lowest BCUT2D eigenvalue weighted by Gasteiger charge is -2.35. The van der Waals surface area contributed by atoms with Gasteiger partial charge in [0.05, 0.1) is 6.61 Å². The number of hydrogen-bond acceptors (Lipinski definition) is 5. The van der Waals surface area contributed by atoms with Crippen LogP contribution >= 0.6 is 36.2 Å². The second-order valence-electron chi connectivity index (χ2n) is 4.20. The summed E-state index contributed by atoms with van der Waals surface area (Å²) in [6.45, 7) is 4.93. The number of carbonyl (C=O) groups is 1. The normalized spacial score (nSPS) is 15.1. The highest BCUT2D eigenvalue weighted by Crippen LogP contribution is 2.15. The Morgan fingerprint density at radius 3 is 2.21 bits per heavy atom. The van der Waals surface area contributed by atoms with E-state index in [9.17, 15) is 4.79 Å². The minimum Gasteiger partial charge on any atom is -0.450 e. The van der Waals surface area contributed by atoms with E-state index in [1.54, 1.807) is 4.90 Å². The minimum atomic E-state index is -0.246. The molecule has 0 bridgehead atoms. The third-order valence-electron chi connectivity index (χ3n) is 2.60. The lowest BCUT2D eigenvalue weighted by Crippen LogP contribution is -2.50. The molecule has 0 aromatic carbocycles. The van der Waals surface area contributed by atoms with Crippen molar-refractivity contribution in [2.75, 3.05) is 46.9 Å². The summed E-state index contributed by atoms with van der Waals surface area (Å²) in [4.78, 5) is 17.2. The predicted molar refractivity (Wildman–Crippen MR) is 86.6 cm³/mol. The van der Waals surface area contributed by atoms with Crippen molar-refractivity contribution in [3.05, 3.63) is 0 Å². The molecule has 0 aliphatic carbocycles. The van der Waals surface area contributed by atoms with Crippen molar-refractivity contribution in [2.45, 2.75) is 6.92 Å². The topological polar surface area (TPSA) is 36.0 Å². The molecule has 1 rings (SSSR count). The van der Waals surface area contributed by atoms with E-state index in [0.29, 0.717) is 19.7 Å². The molecule has 0 radical (unpaired) electrons. The van der Waals surface area contributed by atoms with Crippen molar-refractivity contribution < 1.29 is 9.53 Å². The minimum absolute atomic E-state index is 0.246. The highest BCUT2D eigenvalue weighted by atomic mass is 32.2. The zero-order valence-electron chi connectivity index (χ0n) is 11.4. The van der Waals surface area contributed by atoms with Crippen LogP contribution in [0.4, 0.5) is 4.79 Å². The van der Waals surface area contributed by atoms with Gasteiger partial charge in [0.2, 0.25) is 0 Å². The molecule has 1 aliphatic heterocycles. The number of thiocarbonyl (C=S) groups is 2. The molecule has 108 valence electrons. The fourth-order valence-electron chi connectivity index (χ4n) is 1.52. The van der Waals surface area contributed by atoms with Gasteiger partial charge in [0, 0.05) is 40.3 Å². The molecular formula is C11H19N3O2S3. The first kappa shape index (κ1) is 16.5. The molecule has 1 heterocycles. The van der Waals surface area contributed by atoms with Gasteiger partial charge in [0.1, 0.15) is 8.64 Å². The maximum absolute atomic E-state index is 11.6. The van der Waals surface area contributed by atoms with Crippen LogP contribution in [0.25, 0.3) is 0 Å². The van der Waals surface area contributed by atoms with Crippen LogP contribution in [-0.2, 0) is 4.74 Å². The summed E-state index contributed by atoms with van der Waals surface area (Å²) in [7, 11) is 3.80. The largest absolute Gasteiger partial charge is 0.450 e. The molecular weight excluding hydrogens is 302 g/mol. The van der Waals surface area contributed by atoms with E-state index in [1.807, 2.05) is 25.9 Å². The zero-order valence-corrected chi connectivity index (χ0v) is 13.9. The summed E-state index contributed by atoms with van der Waals surface area (Å²) >= 11 is 12.0. The SMILES string of the molecule is CCOC(=O)N1CCN(C(=S)SC(=S)N(C)C)CC1. The van der Waals surface area contributed by atoms with Gasteiger partial charge in [-0.05, 0) is 18.7 Å². The summed E-state index contributed by atoms with van der Waals surface area (Å²) < 4.78 is 6.49. The molecule has 8 heteroatoms. The van der Waals surface area contributed by atoms with Crippen molar-refractivity contribution in [3.8, 4) is 0 Å². The van der Waals surface area contributed by atoms with Crippen LogP contribution in [0, 0.1) is 0 Å². The first-order chi connectivity index (χ1) is 8.95. The Labute approximate surface area is 129 Å². The van der Waals surface area contributed by atoms with Crippen molar-refractivity contribution in [1.82, 2.24) is 14.7 Å². The van der Waals surface area contributed by atoms with Crippen LogP contribution in [0.2, 0.25) is 0 Å². The highest BCUT2D eigenvalue weighted by molar-refractivity contribution is 8.37. The summed E-state index contributed by atoms with van der Waals surface area (Å²) in [5.74, 6) is 0. The number of rotatable bonds is 1. The maximum Gasteiger partial charge on any atom is 0.409 e. The van der Waals surface area contributed by atoms with Crippen molar-refractivity contribution in [2.24, 2.45) is 0 Å². The lowest BCUT2D eigenvalue weighted by atomic mass is 10.3. The van der Waals surface area contributed by atoms with Gasteiger partial charge < -0.3 is 19.4 Å². The van der Waals surface area contributed by atoms with Gasteiger partial charge in [-0.3, -0.25) is 0 Å². The first-order valence-electron chi connectivity index (χ1n) is 6.05. The highest BCUT2D eigenvalue weighted by Gasteiger charge is 2.24. The van der Waals surface area contributed by atoms with Crippen molar-refractivity contribution in [1.29, 1.82) is 0 Å². The Morgan fingerprint density at radius 1 is 1.21 bits per heavy atom. The summed E-state index contributed by atoms with van der Waals surface area (Å²) in [5.41, 5.74) is 0. The van der Waals surface area contributed by atoms with E-state index in [0.717, 1.165) is 21.7 Å². The smallest absolute Gasteiger partial charge is 0.409 e. The molecule has 19 heavy (non-hydrogen) atoms. The molecule has 0 N–H and O–H groups in total. The second-order valence-corrected chi connectivity index (χ2v) is 6.47. The number of piperazine rings is 1. The van der Waals surface area contributed by atoms with E-state index in [-0.39, 0.29) is 6.09 Å². The molecule has 0 saturated carbocycles. The van der Waals surface area contributed by atoms with E-state index in [2.05, 4.69) is 4.90 Å². The molecule has 0 spiro atoms. The predicted octanol–water partition coefficient (Wildman–Crippen LogP) is 1.63. The van der Waals surface area contributed by atoms with Gasteiger partial charge in [0.25, 0.3) is 0 Å². The standard InChI is InChI=1S/C11H19N3O2S3/c1-4-16-9(15)13-5-7-14(8-6-13)11(18)19-10(17)12(2)3/h4-8H2,1-3H3. The summed E-state index contributed by atoms with van der Waals surface area (Å²) in [6, 6.07) is 0. The van der Waals surface area contributed by atoms with E-state index in [1.165, 1.54) is 11.8 Å². The Bertz CT molecular complexity index is 355. The first-order valence-corrected chi connectivity index (χ1v) is 7.68. The fourth-order valence-corrected chi connectivity index (χ4v) is 2.97. The van der Waals surface area contributed by atoms with Crippen LogP contribution in [0.1, 0.15) is 6.92 Å². The summed E-state index contributed by atoms with van der Waals surface area (Å²) in [5, 5.41) is 0. The second kappa shape index (κ2) is 7.86. The number of ether oxygens (including phenoxy) is 1. The third-order valence-corrected chi connectivity index (χ3v) is 4.70. The zero-order chi connectivity index (χ0) is 14.4. The van der Waals surface area contributed by atoms with Crippen molar-refractivity contribution >= 4 is 50.9 Å². The number of carbonyl (C=O) groups excluding carboxylic acids is 1. The van der Waals surface area contributed by atoms with Crippen LogP contribution in [0.15, 0.2) is 0 Å². The Morgan fingerprint density at radius 2 is 1.74 bits per heavy atom. The third kappa shape index (κ3) is 5.12. The molecule has 1 amide bonds. The average molecular weight is 321 g/mol. The molecule has 5 nitrogen and oxygen atoms in total. The number of amides is 1. The fraction of sp³-hybridized carbons (Fsp3) is 0.727. The Hall–Kier alpha value is -0.600. The monoisotopic (exact) mass is 321 g/mol. The molecule has 0 unspecified atom stereocenters. The van der Waals surface area contributed by atoms with Gasteiger partial charge in [-0.2, -0.15) is 0 Å². The summed E-state index contributed by atoms with van der Waals surface area (Å²) in [6.07, 6.45) is -0.246. The Kier molecular flexibility index (Phi) is 6.81. The van der Waals surface area contributed by atoms with Crippen LogP contribution in [0.3, 0.4) is 0 Å². The van der Waals surface area contributed by atoms with Gasteiger partial charge >= 0.3 is 6.09 Å². The number of nitrogens with zero attached hydrogens (tertiary/aromatic N) is 3. The van der Waals surface area contributed by atoms with Crippen LogP contribution in [-0.4, -0.2) is 76.3 Å². The molecule has 1 aliphatic rings. The molecule has 1 fully saturated rings. The maximum atomic E-state index is 11.6. The van der Waals surface area contributed by atoms with Crippen LogP contribution < -0.4 is 0 Å². The number of thioether (sulfide) groups is 1. The van der Waals surface area contributed by atoms with Gasteiger partial charge in [-0.15, -0.1) is 0 Å². The quantitative estimate of drug-likeness (QED) is 0.679. The molecule has 0 atom stereocenters. The number of hydrogen-bond donors (Lipinski definition) is 0. The van der Waals surface area contributed by atoms with E-state index in [4.69, 9.17) is 29.2 Å². The molecule has 0 aromatic rings. The molecule has 1 saturated heterocycles. The van der Waals surface area contributed by atoms with Crippen molar-refractivity contribution in [3.63, 3.8) is 0 Å². The lowest BCUT2D eigenvalue weighted by molar-refractivity contribution is 0.0927. The van der Waals surface area contributed by atoms with Gasteiger partial charge in [0.15, 0.2) is 0 Å². The molecule has 0 aromatic heterocycles.